The first kappa shape index (κ1) is 18.3. The van der Waals surface area contributed by atoms with Crippen LogP contribution in [0.15, 0.2) is 16.9 Å². The average molecular weight is 408 g/mol. The highest BCUT2D eigenvalue weighted by Crippen LogP contribution is 2.35. The second-order valence-corrected chi connectivity index (χ2v) is 8.52. The van der Waals surface area contributed by atoms with E-state index in [-0.39, 0.29) is 32.7 Å². The summed E-state index contributed by atoms with van der Waals surface area (Å²) in [5, 5.41) is 0.0358. The molecular formula is C15H16Cl2FN3O3S. The van der Waals surface area contributed by atoms with Crippen LogP contribution in [0, 0.1) is 5.82 Å². The van der Waals surface area contributed by atoms with Gasteiger partial charge in [-0.25, -0.2) is 17.5 Å². The number of fused-ring (bicyclic) bond motifs is 1. The number of nitrogens with one attached hydrogen (secondary N) is 1. The Balaban J connectivity index is 2.19. The summed E-state index contributed by atoms with van der Waals surface area (Å²) in [6.07, 6.45) is 1.71. The maximum Gasteiger partial charge on any atom is 0.276 e. The molecule has 136 valence electrons. The van der Waals surface area contributed by atoms with Gasteiger partial charge >= 0.3 is 0 Å². The summed E-state index contributed by atoms with van der Waals surface area (Å²) in [4.78, 5) is 12.6. The van der Waals surface area contributed by atoms with E-state index in [1.807, 2.05) is 0 Å². The Morgan fingerprint density at radius 3 is 2.44 bits per heavy atom. The maximum absolute atomic E-state index is 14.5. The number of benzene rings is 1. The van der Waals surface area contributed by atoms with E-state index in [2.05, 4.69) is 4.72 Å². The first-order valence-electron chi connectivity index (χ1n) is 7.74. The van der Waals surface area contributed by atoms with Gasteiger partial charge in [-0.05, 0) is 31.9 Å². The standard InChI is InChI=1S/C15H16Cl2FN3O3S/c1-2-25(23,24)19-12-7-9(11(18)8-10(12)16)13-14(17)20-5-3-4-6-21(20)15(13)22/h7-8,19H,2-6H2,1H3. The number of rotatable bonds is 4. The molecule has 0 unspecified atom stereocenters. The largest absolute Gasteiger partial charge is 0.282 e. The van der Waals surface area contributed by atoms with Crippen molar-refractivity contribution in [2.75, 3.05) is 10.5 Å². The fourth-order valence-corrected chi connectivity index (χ4v) is 4.07. The van der Waals surface area contributed by atoms with E-state index in [9.17, 15) is 17.6 Å². The van der Waals surface area contributed by atoms with E-state index in [0.29, 0.717) is 13.1 Å². The molecule has 0 spiro atoms. The summed E-state index contributed by atoms with van der Waals surface area (Å²) in [5.41, 5.74) is -0.475. The molecule has 0 saturated carbocycles. The Hall–Kier alpha value is -1.51. The highest BCUT2D eigenvalue weighted by atomic mass is 35.5. The third kappa shape index (κ3) is 3.30. The molecule has 6 nitrogen and oxygen atoms in total. The first-order chi connectivity index (χ1) is 11.7. The van der Waals surface area contributed by atoms with Crippen molar-refractivity contribution in [3.63, 3.8) is 0 Å². The van der Waals surface area contributed by atoms with Crippen molar-refractivity contribution in [1.29, 1.82) is 0 Å². The molecule has 0 amide bonds. The van der Waals surface area contributed by atoms with Gasteiger partial charge in [0.15, 0.2) is 0 Å². The van der Waals surface area contributed by atoms with Gasteiger partial charge in [0.25, 0.3) is 5.56 Å². The molecule has 25 heavy (non-hydrogen) atoms. The van der Waals surface area contributed by atoms with Crippen LogP contribution in [0.2, 0.25) is 10.2 Å². The van der Waals surface area contributed by atoms with Gasteiger partial charge in [-0.3, -0.25) is 14.2 Å². The third-order valence-electron chi connectivity index (χ3n) is 4.13. The summed E-state index contributed by atoms with van der Waals surface area (Å²) in [5.74, 6) is -0.910. The molecule has 2 heterocycles. The molecule has 1 aromatic heterocycles. The number of sulfonamides is 1. The van der Waals surface area contributed by atoms with E-state index in [1.165, 1.54) is 17.7 Å². The number of aromatic nitrogens is 2. The smallest absolute Gasteiger partial charge is 0.276 e. The fraction of sp³-hybridized carbons (Fsp3) is 0.400. The van der Waals surface area contributed by atoms with Crippen LogP contribution in [0.1, 0.15) is 19.8 Å². The number of hydrogen-bond acceptors (Lipinski definition) is 3. The van der Waals surface area contributed by atoms with Crippen molar-refractivity contribution in [2.45, 2.75) is 32.9 Å². The van der Waals surface area contributed by atoms with Crippen LogP contribution in [0.3, 0.4) is 0 Å². The Morgan fingerprint density at radius 1 is 1.20 bits per heavy atom. The molecule has 10 heteroatoms. The minimum absolute atomic E-state index is 0.00422. The van der Waals surface area contributed by atoms with Crippen LogP contribution in [0.4, 0.5) is 10.1 Å². The molecule has 1 aliphatic rings. The van der Waals surface area contributed by atoms with Crippen LogP contribution in [0.5, 0.6) is 0 Å². The Labute approximate surface area is 154 Å². The normalized spacial score (nSPS) is 14.4. The predicted molar refractivity (Wildman–Crippen MR) is 96.4 cm³/mol. The molecule has 1 N–H and O–H groups in total. The second kappa shape index (κ2) is 6.66. The lowest BCUT2D eigenvalue weighted by atomic mass is 10.1. The summed E-state index contributed by atoms with van der Waals surface area (Å²) in [7, 11) is -3.61. The van der Waals surface area contributed by atoms with Crippen LogP contribution in [-0.4, -0.2) is 23.5 Å². The molecule has 0 saturated heterocycles. The van der Waals surface area contributed by atoms with E-state index < -0.39 is 21.4 Å². The van der Waals surface area contributed by atoms with E-state index in [0.717, 1.165) is 18.9 Å². The lowest BCUT2D eigenvalue weighted by Gasteiger charge is -2.17. The number of anilines is 1. The van der Waals surface area contributed by atoms with Crippen molar-refractivity contribution in [3.05, 3.63) is 38.5 Å². The van der Waals surface area contributed by atoms with Gasteiger partial charge in [0.05, 0.1) is 22.0 Å². The van der Waals surface area contributed by atoms with E-state index in [1.54, 1.807) is 4.68 Å². The SMILES string of the molecule is CCS(=O)(=O)Nc1cc(-c2c(Cl)n3n(c2=O)CCCC3)c(F)cc1Cl. The van der Waals surface area contributed by atoms with Gasteiger partial charge in [0.1, 0.15) is 11.0 Å². The Bertz CT molecular complexity index is 998. The number of nitrogens with zero attached hydrogens (tertiary/aromatic N) is 2. The second-order valence-electron chi connectivity index (χ2n) is 5.74. The lowest BCUT2D eigenvalue weighted by molar-refractivity contribution is 0.356. The molecule has 0 bridgehead atoms. The molecule has 0 radical (unpaired) electrons. The summed E-state index contributed by atoms with van der Waals surface area (Å²) in [6.45, 7) is 2.54. The molecule has 1 aliphatic heterocycles. The predicted octanol–water partition coefficient (Wildman–Crippen LogP) is 3.32. The van der Waals surface area contributed by atoms with Crippen molar-refractivity contribution >= 4 is 38.9 Å². The third-order valence-corrected chi connectivity index (χ3v) is 6.12. The van der Waals surface area contributed by atoms with E-state index in [4.69, 9.17) is 23.2 Å². The van der Waals surface area contributed by atoms with Gasteiger partial charge in [-0.15, -0.1) is 0 Å². The maximum atomic E-state index is 14.5. The molecule has 0 fully saturated rings. The first-order valence-corrected chi connectivity index (χ1v) is 10.1. The van der Waals surface area contributed by atoms with Crippen LogP contribution in [-0.2, 0) is 23.1 Å². The summed E-state index contributed by atoms with van der Waals surface area (Å²) >= 11 is 12.3. The van der Waals surface area contributed by atoms with Crippen molar-refractivity contribution in [1.82, 2.24) is 9.36 Å². The molecule has 0 aliphatic carbocycles. The minimum atomic E-state index is -3.61. The van der Waals surface area contributed by atoms with Crippen molar-refractivity contribution < 1.29 is 12.8 Å². The highest BCUT2D eigenvalue weighted by molar-refractivity contribution is 7.92. The molecular weight excluding hydrogens is 392 g/mol. The van der Waals surface area contributed by atoms with Gasteiger partial charge < -0.3 is 0 Å². The van der Waals surface area contributed by atoms with Gasteiger partial charge in [-0.1, -0.05) is 23.2 Å². The van der Waals surface area contributed by atoms with Crippen molar-refractivity contribution in [3.8, 4) is 11.1 Å². The van der Waals surface area contributed by atoms with Gasteiger partial charge in [0, 0.05) is 18.7 Å². The quantitative estimate of drug-likeness (QED) is 0.844. The molecule has 2 aromatic rings. The van der Waals surface area contributed by atoms with Gasteiger partial charge in [-0.2, -0.15) is 0 Å². The Kier molecular flexibility index (Phi) is 4.87. The molecule has 3 rings (SSSR count). The zero-order valence-electron chi connectivity index (χ0n) is 13.4. The number of halogens is 3. The summed E-state index contributed by atoms with van der Waals surface area (Å²) in [6, 6.07) is 2.18. The Morgan fingerprint density at radius 2 is 1.84 bits per heavy atom. The van der Waals surface area contributed by atoms with Crippen LogP contribution < -0.4 is 10.3 Å². The lowest BCUT2D eigenvalue weighted by Crippen LogP contribution is -2.27. The van der Waals surface area contributed by atoms with Crippen LogP contribution >= 0.6 is 23.2 Å². The number of hydrogen-bond donors (Lipinski definition) is 1. The highest BCUT2D eigenvalue weighted by Gasteiger charge is 2.25. The zero-order valence-corrected chi connectivity index (χ0v) is 15.7. The topological polar surface area (TPSA) is 73.1 Å². The monoisotopic (exact) mass is 407 g/mol. The molecule has 1 aromatic carbocycles. The summed E-state index contributed by atoms with van der Waals surface area (Å²) < 4.78 is 43.4. The van der Waals surface area contributed by atoms with E-state index >= 15 is 0 Å². The van der Waals surface area contributed by atoms with Gasteiger partial charge in [0.2, 0.25) is 10.0 Å². The fourth-order valence-electron chi connectivity index (χ4n) is 2.81. The molecule has 0 atom stereocenters. The minimum Gasteiger partial charge on any atom is -0.282 e. The van der Waals surface area contributed by atoms with Crippen LogP contribution in [0.25, 0.3) is 11.1 Å². The van der Waals surface area contributed by atoms with Crippen molar-refractivity contribution in [2.24, 2.45) is 0 Å². The average Bonchev–Trinajstić information content (AvgIpc) is 2.82. The zero-order chi connectivity index (χ0) is 18.4.